The minimum absolute atomic E-state index is 0.329. The van der Waals surface area contributed by atoms with E-state index in [9.17, 15) is 4.79 Å². The quantitative estimate of drug-likeness (QED) is 0.555. The number of aryl methyl sites for hydroxylation is 1. The maximum Gasteiger partial charge on any atom is 0.231 e. The van der Waals surface area contributed by atoms with Gasteiger partial charge in [0.05, 0.1) is 0 Å². The normalized spacial score (nSPS) is 13.4. The SMILES string of the molecule is CCCC(=O)CCCC(=CCCc1ccc2c(c1)OCO2)CC. The first-order valence-corrected chi connectivity index (χ1v) is 8.81. The van der Waals surface area contributed by atoms with Crippen molar-refractivity contribution in [2.45, 2.75) is 65.2 Å². The van der Waals surface area contributed by atoms with Crippen LogP contribution in [0, 0.1) is 0 Å². The van der Waals surface area contributed by atoms with Crippen molar-refractivity contribution in [3.05, 3.63) is 35.4 Å². The molecule has 0 saturated carbocycles. The van der Waals surface area contributed by atoms with Gasteiger partial charge >= 0.3 is 0 Å². The highest BCUT2D eigenvalue weighted by Crippen LogP contribution is 2.32. The summed E-state index contributed by atoms with van der Waals surface area (Å²) in [4.78, 5) is 11.6. The Morgan fingerprint density at radius 2 is 1.96 bits per heavy atom. The Hall–Kier alpha value is -1.77. The number of ketones is 1. The number of carbonyl (C=O) groups is 1. The lowest BCUT2D eigenvalue weighted by atomic mass is 10.0. The van der Waals surface area contributed by atoms with Gasteiger partial charge in [0, 0.05) is 12.8 Å². The van der Waals surface area contributed by atoms with Crippen molar-refractivity contribution in [3.8, 4) is 11.5 Å². The van der Waals surface area contributed by atoms with E-state index < -0.39 is 0 Å². The molecule has 23 heavy (non-hydrogen) atoms. The molecule has 0 atom stereocenters. The second-order valence-corrected chi connectivity index (χ2v) is 6.08. The summed E-state index contributed by atoms with van der Waals surface area (Å²) in [5.41, 5.74) is 2.74. The Morgan fingerprint density at radius 1 is 1.13 bits per heavy atom. The predicted molar refractivity (Wildman–Crippen MR) is 93.0 cm³/mol. The van der Waals surface area contributed by atoms with Gasteiger partial charge in [-0.2, -0.15) is 0 Å². The molecule has 1 aliphatic heterocycles. The number of ether oxygens (including phenoxy) is 2. The summed E-state index contributed by atoms with van der Waals surface area (Å²) in [6.45, 7) is 4.58. The third kappa shape index (κ3) is 5.74. The van der Waals surface area contributed by atoms with E-state index >= 15 is 0 Å². The first-order valence-electron chi connectivity index (χ1n) is 8.81. The van der Waals surface area contributed by atoms with Crippen molar-refractivity contribution in [2.75, 3.05) is 6.79 Å². The minimum atomic E-state index is 0.329. The summed E-state index contributed by atoms with van der Waals surface area (Å²) in [6.07, 6.45) is 9.92. The topological polar surface area (TPSA) is 35.5 Å². The van der Waals surface area contributed by atoms with Gasteiger partial charge < -0.3 is 9.47 Å². The van der Waals surface area contributed by atoms with Crippen molar-refractivity contribution >= 4 is 5.78 Å². The van der Waals surface area contributed by atoms with Gasteiger partial charge in [-0.25, -0.2) is 0 Å². The number of hydrogen-bond acceptors (Lipinski definition) is 3. The largest absolute Gasteiger partial charge is 0.454 e. The Kier molecular flexibility index (Phi) is 7.18. The fourth-order valence-corrected chi connectivity index (χ4v) is 2.88. The van der Waals surface area contributed by atoms with Gasteiger partial charge in [-0.15, -0.1) is 0 Å². The van der Waals surface area contributed by atoms with Crippen LogP contribution >= 0.6 is 0 Å². The van der Waals surface area contributed by atoms with Crippen LogP contribution in [0.4, 0.5) is 0 Å². The summed E-state index contributed by atoms with van der Waals surface area (Å²) in [5.74, 6) is 2.11. The van der Waals surface area contributed by atoms with Crippen LogP contribution in [0.3, 0.4) is 0 Å². The first-order chi connectivity index (χ1) is 11.2. The molecule has 0 N–H and O–H groups in total. The van der Waals surface area contributed by atoms with Crippen LogP contribution in [0.15, 0.2) is 29.8 Å². The lowest BCUT2D eigenvalue weighted by Crippen LogP contribution is -1.97. The number of rotatable bonds is 10. The van der Waals surface area contributed by atoms with Gasteiger partial charge in [-0.05, 0) is 56.2 Å². The fraction of sp³-hybridized carbons (Fsp3) is 0.550. The molecule has 1 heterocycles. The van der Waals surface area contributed by atoms with Crippen LogP contribution in [0.2, 0.25) is 0 Å². The second-order valence-electron chi connectivity index (χ2n) is 6.08. The lowest BCUT2D eigenvalue weighted by Gasteiger charge is -2.06. The number of Topliss-reactive ketones (excluding diaryl/α,β-unsaturated/α-hetero) is 1. The zero-order valence-corrected chi connectivity index (χ0v) is 14.4. The molecule has 1 aromatic carbocycles. The second kappa shape index (κ2) is 9.39. The van der Waals surface area contributed by atoms with Crippen LogP contribution in [0.5, 0.6) is 11.5 Å². The molecule has 0 aliphatic carbocycles. The minimum Gasteiger partial charge on any atom is -0.454 e. The molecule has 0 bridgehead atoms. The van der Waals surface area contributed by atoms with Gasteiger partial charge in [0.25, 0.3) is 0 Å². The molecule has 0 spiro atoms. The molecule has 0 amide bonds. The van der Waals surface area contributed by atoms with E-state index in [2.05, 4.69) is 32.1 Å². The maximum absolute atomic E-state index is 11.6. The van der Waals surface area contributed by atoms with Crippen molar-refractivity contribution in [3.63, 3.8) is 0 Å². The highest BCUT2D eigenvalue weighted by atomic mass is 16.7. The Bertz CT molecular complexity index is 546. The molecule has 0 aromatic heterocycles. The molecule has 0 radical (unpaired) electrons. The van der Waals surface area contributed by atoms with Gasteiger partial charge in [0.2, 0.25) is 6.79 Å². The summed E-state index contributed by atoms with van der Waals surface area (Å²) >= 11 is 0. The number of benzene rings is 1. The van der Waals surface area contributed by atoms with Crippen molar-refractivity contribution in [1.82, 2.24) is 0 Å². The predicted octanol–water partition coefficient (Wildman–Crippen LogP) is 5.22. The molecule has 126 valence electrons. The molecule has 0 saturated heterocycles. The van der Waals surface area contributed by atoms with Gasteiger partial charge in [-0.3, -0.25) is 4.79 Å². The number of allylic oxidation sites excluding steroid dienone is 2. The van der Waals surface area contributed by atoms with E-state index in [0.717, 1.165) is 62.9 Å². The smallest absolute Gasteiger partial charge is 0.231 e. The number of fused-ring (bicyclic) bond motifs is 1. The van der Waals surface area contributed by atoms with Crippen molar-refractivity contribution < 1.29 is 14.3 Å². The fourth-order valence-electron chi connectivity index (χ4n) is 2.88. The molecule has 3 nitrogen and oxygen atoms in total. The average molecular weight is 316 g/mol. The number of carbonyl (C=O) groups excluding carboxylic acids is 1. The van der Waals surface area contributed by atoms with E-state index in [0.29, 0.717) is 12.6 Å². The molecular weight excluding hydrogens is 288 g/mol. The molecule has 2 rings (SSSR count). The highest BCUT2D eigenvalue weighted by Gasteiger charge is 2.12. The Morgan fingerprint density at radius 3 is 2.74 bits per heavy atom. The third-order valence-corrected chi connectivity index (χ3v) is 4.24. The summed E-state index contributed by atoms with van der Waals surface area (Å²) in [6, 6.07) is 6.17. The Labute approximate surface area is 139 Å². The molecule has 1 aliphatic rings. The summed E-state index contributed by atoms with van der Waals surface area (Å²) < 4.78 is 10.7. The standard InChI is InChI=1S/C20H28O3/c1-3-7-18(21)11-6-9-16(4-2)8-5-10-17-12-13-19-20(14-17)23-15-22-19/h8,12-14H,3-7,9-11,15H2,1-2H3. The monoisotopic (exact) mass is 316 g/mol. The third-order valence-electron chi connectivity index (χ3n) is 4.24. The highest BCUT2D eigenvalue weighted by molar-refractivity contribution is 5.78. The van der Waals surface area contributed by atoms with Gasteiger partial charge in [0.1, 0.15) is 5.78 Å². The van der Waals surface area contributed by atoms with Crippen molar-refractivity contribution in [2.24, 2.45) is 0 Å². The van der Waals surface area contributed by atoms with E-state index in [1.165, 1.54) is 11.1 Å². The zero-order chi connectivity index (χ0) is 16.5. The number of hydrogen-bond donors (Lipinski definition) is 0. The van der Waals surface area contributed by atoms with Crippen LogP contribution in [-0.4, -0.2) is 12.6 Å². The molecule has 0 fully saturated rings. The van der Waals surface area contributed by atoms with Gasteiger partial charge in [0.15, 0.2) is 11.5 Å². The van der Waals surface area contributed by atoms with Crippen LogP contribution in [0.1, 0.15) is 64.4 Å². The van der Waals surface area contributed by atoms with Crippen LogP contribution in [-0.2, 0) is 11.2 Å². The maximum atomic E-state index is 11.6. The van der Waals surface area contributed by atoms with Gasteiger partial charge in [-0.1, -0.05) is 31.6 Å². The van der Waals surface area contributed by atoms with E-state index in [-0.39, 0.29) is 0 Å². The van der Waals surface area contributed by atoms with E-state index in [4.69, 9.17) is 9.47 Å². The summed E-state index contributed by atoms with van der Waals surface area (Å²) in [5, 5.41) is 0. The molecular formula is C20H28O3. The van der Waals surface area contributed by atoms with Crippen LogP contribution < -0.4 is 9.47 Å². The Balaban J connectivity index is 1.75. The van der Waals surface area contributed by atoms with Crippen molar-refractivity contribution in [1.29, 1.82) is 0 Å². The lowest BCUT2D eigenvalue weighted by molar-refractivity contribution is -0.119. The average Bonchev–Trinajstić information content (AvgIpc) is 3.01. The zero-order valence-electron chi connectivity index (χ0n) is 14.4. The van der Waals surface area contributed by atoms with E-state index in [1.54, 1.807) is 0 Å². The summed E-state index contributed by atoms with van der Waals surface area (Å²) in [7, 11) is 0. The van der Waals surface area contributed by atoms with Crippen LogP contribution in [0.25, 0.3) is 0 Å². The van der Waals surface area contributed by atoms with E-state index in [1.807, 2.05) is 6.07 Å². The first kappa shape index (κ1) is 17.6. The molecule has 1 aromatic rings. The molecule has 0 unspecified atom stereocenters. The molecule has 3 heteroatoms.